The van der Waals surface area contributed by atoms with Crippen LogP contribution >= 0.6 is 11.3 Å². The molecule has 0 aliphatic carbocycles. The van der Waals surface area contributed by atoms with Gasteiger partial charge in [0.25, 0.3) is 5.91 Å². The molecule has 0 aliphatic heterocycles. The Morgan fingerprint density at radius 3 is 2.82 bits per heavy atom. The lowest BCUT2D eigenvalue weighted by Gasteiger charge is -2.19. The maximum Gasteiger partial charge on any atom is 0.267 e. The maximum absolute atomic E-state index is 13.4. The summed E-state index contributed by atoms with van der Waals surface area (Å²) in [5, 5.41) is 4.82. The number of methoxy groups -OCH3 is 1. The molecule has 0 fully saturated rings. The van der Waals surface area contributed by atoms with Gasteiger partial charge in [0.2, 0.25) is 5.88 Å². The van der Waals surface area contributed by atoms with Crippen LogP contribution in [0.4, 0.5) is 5.13 Å². The number of carbonyl (C=O) groups excluding carboxylic acids is 1. The molecule has 0 saturated heterocycles. The van der Waals surface area contributed by atoms with Crippen LogP contribution < -0.4 is 9.64 Å². The van der Waals surface area contributed by atoms with Gasteiger partial charge in [0.05, 0.1) is 29.6 Å². The Kier molecular flexibility index (Phi) is 4.79. The number of benzene rings is 1. The van der Waals surface area contributed by atoms with Gasteiger partial charge in [0, 0.05) is 19.4 Å². The minimum absolute atomic E-state index is 0.229. The SMILES string of the molecule is COc1nn(C)cc1C(=O)N(Cc1ccccn1)c1nc2c(C)cccc2s1. The number of hydrogen-bond donors (Lipinski definition) is 0. The molecule has 1 aromatic carbocycles. The van der Waals surface area contributed by atoms with Crippen LogP contribution in [-0.2, 0) is 13.6 Å². The van der Waals surface area contributed by atoms with Crippen molar-refractivity contribution in [2.75, 3.05) is 12.0 Å². The standard InChI is InChI=1S/C20H19N5O2S/c1-13-7-6-9-16-17(13)22-20(28-16)25(11-14-8-4-5-10-21-14)19(26)15-12-24(2)23-18(15)27-3/h4-10,12H,11H2,1-3H3. The van der Waals surface area contributed by atoms with E-state index in [1.807, 2.05) is 43.3 Å². The Hall–Kier alpha value is -3.26. The topological polar surface area (TPSA) is 73.1 Å². The summed E-state index contributed by atoms with van der Waals surface area (Å²) in [6.45, 7) is 2.32. The number of pyridine rings is 1. The van der Waals surface area contributed by atoms with Gasteiger partial charge in [-0.3, -0.25) is 19.4 Å². The van der Waals surface area contributed by atoms with Gasteiger partial charge >= 0.3 is 0 Å². The van der Waals surface area contributed by atoms with Crippen LogP contribution in [0.25, 0.3) is 10.2 Å². The second kappa shape index (κ2) is 7.40. The Balaban J connectivity index is 1.81. The van der Waals surface area contributed by atoms with Gasteiger partial charge in [-0.2, -0.15) is 0 Å². The average molecular weight is 393 g/mol. The first-order valence-corrected chi connectivity index (χ1v) is 9.54. The molecule has 0 radical (unpaired) electrons. The number of para-hydroxylation sites is 1. The van der Waals surface area contributed by atoms with E-state index in [1.165, 1.54) is 18.4 Å². The van der Waals surface area contributed by atoms with Crippen LogP contribution in [0.3, 0.4) is 0 Å². The van der Waals surface area contributed by atoms with Crippen molar-refractivity contribution in [3.63, 3.8) is 0 Å². The molecule has 4 rings (SSSR count). The summed E-state index contributed by atoms with van der Waals surface area (Å²) in [7, 11) is 3.26. The molecule has 7 nitrogen and oxygen atoms in total. The minimum Gasteiger partial charge on any atom is -0.479 e. The number of thiazole rings is 1. The molecule has 0 atom stereocenters. The van der Waals surface area contributed by atoms with Gasteiger partial charge in [-0.05, 0) is 30.7 Å². The molecule has 4 aromatic rings. The van der Waals surface area contributed by atoms with Crippen molar-refractivity contribution in [2.45, 2.75) is 13.5 Å². The van der Waals surface area contributed by atoms with E-state index in [4.69, 9.17) is 9.72 Å². The largest absolute Gasteiger partial charge is 0.479 e. The van der Waals surface area contributed by atoms with Crippen LogP contribution in [0.1, 0.15) is 21.6 Å². The average Bonchev–Trinajstić information content (AvgIpc) is 3.30. The smallest absolute Gasteiger partial charge is 0.267 e. The molecule has 0 spiro atoms. The second-order valence-electron chi connectivity index (χ2n) is 6.36. The highest BCUT2D eigenvalue weighted by atomic mass is 32.1. The molecule has 3 heterocycles. The maximum atomic E-state index is 13.4. The number of nitrogens with zero attached hydrogens (tertiary/aromatic N) is 5. The number of ether oxygens (including phenoxy) is 1. The number of rotatable bonds is 5. The number of carbonyl (C=O) groups is 1. The third kappa shape index (κ3) is 3.34. The Labute approximate surface area is 166 Å². The fourth-order valence-electron chi connectivity index (χ4n) is 2.98. The Bertz CT molecular complexity index is 1140. The van der Waals surface area contributed by atoms with Crippen LogP contribution in [-0.4, -0.2) is 32.8 Å². The number of amides is 1. The van der Waals surface area contributed by atoms with Gasteiger partial charge < -0.3 is 4.74 Å². The van der Waals surface area contributed by atoms with Crippen molar-refractivity contribution < 1.29 is 9.53 Å². The van der Waals surface area contributed by atoms with Gasteiger partial charge in [0.15, 0.2) is 5.13 Å². The highest BCUT2D eigenvalue weighted by molar-refractivity contribution is 7.22. The van der Waals surface area contributed by atoms with Crippen LogP contribution in [0, 0.1) is 6.92 Å². The van der Waals surface area contributed by atoms with Crippen molar-refractivity contribution in [2.24, 2.45) is 7.05 Å². The third-order valence-electron chi connectivity index (χ3n) is 4.35. The van der Waals surface area contributed by atoms with Crippen LogP contribution in [0.2, 0.25) is 0 Å². The van der Waals surface area contributed by atoms with E-state index in [2.05, 4.69) is 10.1 Å². The zero-order valence-electron chi connectivity index (χ0n) is 15.8. The van der Waals surface area contributed by atoms with Crippen molar-refractivity contribution in [1.82, 2.24) is 19.7 Å². The second-order valence-corrected chi connectivity index (χ2v) is 7.37. The van der Waals surface area contributed by atoms with E-state index in [1.54, 1.807) is 29.0 Å². The number of hydrogen-bond acceptors (Lipinski definition) is 6. The highest BCUT2D eigenvalue weighted by Crippen LogP contribution is 2.33. The highest BCUT2D eigenvalue weighted by Gasteiger charge is 2.27. The summed E-state index contributed by atoms with van der Waals surface area (Å²) in [6.07, 6.45) is 3.37. The fraction of sp³-hybridized carbons (Fsp3) is 0.200. The third-order valence-corrected chi connectivity index (χ3v) is 5.39. The normalized spacial score (nSPS) is 11.0. The number of aryl methyl sites for hydroxylation is 2. The summed E-state index contributed by atoms with van der Waals surface area (Å²) < 4.78 is 7.89. The zero-order chi connectivity index (χ0) is 19.7. The number of aromatic nitrogens is 4. The first-order chi connectivity index (χ1) is 13.6. The van der Waals surface area contributed by atoms with Crippen molar-refractivity contribution in [3.05, 3.63) is 65.6 Å². The predicted octanol–water partition coefficient (Wildman–Crippen LogP) is 3.59. The fourth-order valence-corrected chi connectivity index (χ4v) is 4.02. The Morgan fingerprint density at radius 2 is 2.11 bits per heavy atom. The molecule has 3 aromatic heterocycles. The molecular weight excluding hydrogens is 374 g/mol. The summed E-state index contributed by atoms with van der Waals surface area (Å²) in [6, 6.07) is 11.7. The molecular formula is C20H19N5O2S. The molecule has 0 unspecified atom stereocenters. The molecule has 1 amide bonds. The van der Waals surface area contributed by atoms with E-state index < -0.39 is 0 Å². The summed E-state index contributed by atoms with van der Waals surface area (Å²) >= 11 is 1.48. The van der Waals surface area contributed by atoms with Gasteiger partial charge in [-0.15, -0.1) is 5.10 Å². The molecule has 28 heavy (non-hydrogen) atoms. The van der Waals surface area contributed by atoms with E-state index in [0.29, 0.717) is 17.2 Å². The van der Waals surface area contributed by atoms with E-state index in [0.717, 1.165) is 21.5 Å². The first kappa shape index (κ1) is 18.1. The van der Waals surface area contributed by atoms with Crippen molar-refractivity contribution >= 4 is 32.6 Å². The molecule has 0 saturated carbocycles. The zero-order valence-corrected chi connectivity index (χ0v) is 16.6. The molecule has 0 aliphatic rings. The lowest BCUT2D eigenvalue weighted by molar-refractivity contribution is 0.0982. The summed E-state index contributed by atoms with van der Waals surface area (Å²) in [4.78, 5) is 24.2. The van der Waals surface area contributed by atoms with Gasteiger partial charge in [0.1, 0.15) is 5.56 Å². The van der Waals surface area contributed by atoms with E-state index in [9.17, 15) is 4.79 Å². The first-order valence-electron chi connectivity index (χ1n) is 8.72. The minimum atomic E-state index is -0.229. The quantitative estimate of drug-likeness (QED) is 0.518. The molecule has 0 bridgehead atoms. The lowest BCUT2D eigenvalue weighted by atomic mass is 10.2. The van der Waals surface area contributed by atoms with Crippen molar-refractivity contribution in [1.29, 1.82) is 0 Å². The summed E-state index contributed by atoms with van der Waals surface area (Å²) in [5.41, 5.74) is 3.13. The Morgan fingerprint density at radius 1 is 1.25 bits per heavy atom. The van der Waals surface area contributed by atoms with Gasteiger partial charge in [-0.25, -0.2) is 4.98 Å². The molecule has 142 valence electrons. The monoisotopic (exact) mass is 393 g/mol. The van der Waals surface area contributed by atoms with Crippen LogP contribution in [0.15, 0.2) is 48.8 Å². The van der Waals surface area contributed by atoms with E-state index in [-0.39, 0.29) is 11.8 Å². The summed E-state index contributed by atoms with van der Waals surface area (Å²) in [5.74, 6) is 0.0584. The molecule has 8 heteroatoms. The van der Waals surface area contributed by atoms with E-state index >= 15 is 0 Å². The number of anilines is 1. The van der Waals surface area contributed by atoms with Crippen LogP contribution in [0.5, 0.6) is 5.88 Å². The molecule has 0 N–H and O–H groups in total. The van der Waals surface area contributed by atoms with Crippen molar-refractivity contribution in [3.8, 4) is 5.88 Å². The van der Waals surface area contributed by atoms with Gasteiger partial charge in [-0.1, -0.05) is 29.5 Å². The predicted molar refractivity (Wildman–Crippen MR) is 109 cm³/mol. The lowest BCUT2D eigenvalue weighted by Crippen LogP contribution is -2.30. The number of fused-ring (bicyclic) bond motifs is 1.